The Labute approximate surface area is 116 Å². The standard InChI is InChI=1S/C14H28N2O3/c1-3-5-12(8-10-15)6-7-13(17)16(4-2)11-9-14(18)19/h12H,3-11,15H2,1-2H3,(H,18,19). The van der Waals surface area contributed by atoms with E-state index in [2.05, 4.69) is 6.92 Å². The van der Waals surface area contributed by atoms with Gasteiger partial charge in [0.25, 0.3) is 0 Å². The highest BCUT2D eigenvalue weighted by molar-refractivity contribution is 5.77. The maximum atomic E-state index is 12.0. The molecule has 3 N–H and O–H groups in total. The molecule has 0 aliphatic heterocycles. The van der Waals surface area contributed by atoms with Gasteiger partial charge in [0, 0.05) is 19.5 Å². The summed E-state index contributed by atoms with van der Waals surface area (Å²) in [6.07, 6.45) is 4.54. The van der Waals surface area contributed by atoms with Crippen molar-refractivity contribution in [2.45, 2.75) is 52.4 Å². The first kappa shape index (κ1) is 17.9. The predicted molar refractivity (Wildman–Crippen MR) is 75.8 cm³/mol. The number of nitrogens with two attached hydrogens (primary N) is 1. The number of amides is 1. The first-order valence-electron chi connectivity index (χ1n) is 7.24. The van der Waals surface area contributed by atoms with Crippen LogP contribution in [-0.2, 0) is 9.59 Å². The van der Waals surface area contributed by atoms with Crippen LogP contribution in [0.4, 0.5) is 0 Å². The van der Waals surface area contributed by atoms with E-state index in [4.69, 9.17) is 10.8 Å². The Hall–Kier alpha value is -1.10. The summed E-state index contributed by atoms with van der Waals surface area (Å²) in [5.41, 5.74) is 5.57. The van der Waals surface area contributed by atoms with Crippen LogP contribution < -0.4 is 5.73 Å². The van der Waals surface area contributed by atoms with Crippen LogP contribution in [0.5, 0.6) is 0 Å². The monoisotopic (exact) mass is 272 g/mol. The highest BCUT2D eigenvalue weighted by Crippen LogP contribution is 2.17. The Morgan fingerprint density at radius 3 is 2.32 bits per heavy atom. The lowest BCUT2D eigenvalue weighted by Gasteiger charge is -2.21. The average Bonchev–Trinajstić information content (AvgIpc) is 2.36. The van der Waals surface area contributed by atoms with Gasteiger partial charge >= 0.3 is 5.97 Å². The molecule has 0 saturated heterocycles. The lowest BCUT2D eigenvalue weighted by molar-refractivity contribution is -0.138. The van der Waals surface area contributed by atoms with E-state index in [1.807, 2.05) is 6.92 Å². The summed E-state index contributed by atoms with van der Waals surface area (Å²) in [4.78, 5) is 24.2. The molecule has 0 aliphatic carbocycles. The minimum atomic E-state index is -0.863. The van der Waals surface area contributed by atoms with Gasteiger partial charge in [0.2, 0.25) is 5.91 Å². The second-order valence-corrected chi connectivity index (χ2v) is 4.89. The van der Waals surface area contributed by atoms with Crippen molar-refractivity contribution in [1.82, 2.24) is 4.90 Å². The van der Waals surface area contributed by atoms with E-state index < -0.39 is 5.97 Å². The third kappa shape index (κ3) is 8.59. The van der Waals surface area contributed by atoms with Crippen LogP contribution in [0.1, 0.15) is 52.4 Å². The summed E-state index contributed by atoms with van der Waals surface area (Å²) < 4.78 is 0. The zero-order valence-electron chi connectivity index (χ0n) is 12.2. The van der Waals surface area contributed by atoms with Gasteiger partial charge in [-0.25, -0.2) is 0 Å². The molecule has 0 aliphatic rings. The number of carbonyl (C=O) groups is 2. The van der Waals surface area contributed by atoms with Crippen LogP contribution in [0.25, 0.3) is 0 Å². The maximum Gasteiger partial charge on any atom is 0.305 e. The van der Waals surface area contributed by atoms with E-state index in [0.717, 1.165) is 25.7 Å². The van der Waals surface area contributed by atoms with Crippen molar-refractivity contribution in [2.24, 2.45) is 11.7 Å². The molecule has 0 spiro atoms. The molecule has 0 aromatic heterocycles. The van der Waals surface area contributed by atoms with Gasteiger partial charge in [0.1, 0.15) is 0 Å². The van der Waals surface area contributed by atoms with Crippen molar-refractivity contribution in [3.8, 4) is 0 Å². The molecule has 1 unspecified atom stereocenters. The van der Waals surface area contributed by atoms with Gasteiger partial charge in [0.15, 0.2) is 0 Å². The third-order valence-corrected chi connectivity index (χ3v) is 3.37. The largest absolute Gasteiger partial charge is 0.481 e. The minimum absolute atomic E-state index is 0.0147. The SMILES string of the molecule is CCCC(CCN)CCC(=O)N(CC)CCC(=O)O. The smallest absolute Gasteiger partial charge is 0.305 e. The molecular weight excluding hydrogens is 244 g/mol. The first-order chi connectivity index (χ1) is 9.04. The summed E-state index contributed by atoms with van der Waals surface area (Å²) in [6.45, 7) is 5.55. The van der Waals surface area contributed by atoms with Gasteiger partial charge in [-0.2, -0.15) is 0 Å². The number of nitrogens with zero attached hydrogens (tertiary/aromatic N) is 1. The Morgan fingerprint density at radius 1 is 1.16 bits per heavy atom. The van der Waals surface area contributed by atoms with Gasteiger partial charge in [-0.1, -0.05) is 19.8 Å². The van der Waals surface area contributed by atoms with Gasteiger partial charge in [-0.3, -0.25) is 9.59 Å². The average molecular weight is 272 g/mol. The Bertz CT molecular complexity index is 263. The van der Waals surface area contributed by atoms with E-state index in [0.29, 0.717) is 32.0 Å². The summed E-state index contributed by atoms with van der Waals surface area (Å²) in [6, 6.07) is 0. The molecule has 0 radical (unpaired) electrons. The molecular formula is C14H28N2O3. The third-order valence-electron chi connectivity index (χ3n) is 3.37. The topological polar surface area (TPSA) is 83.6 Å². The summed E-state index contributed by atoms with van der Waals surface area (Å²) in [7, 11) is 0. The van der Waals surface area contributed by atoms with Crippen molar-refractivity contribution in [2.75, 3.05) is 19.6 Å². The number of carboxylic acids is 1. The van der Waals surface area contributed by atoms with E-state index in [1.54, 1.807) is 4.90 Å². The summed E-state index contributed by atoms with van der Waals surface area (Å²) in [5.74, 6) is -0.294. The number of aliphatic carboxylic acids is 1. The van der Waals surface area contributed by atoms with E-state index in [-0.39, 0.29) is 12.3 Å². The second-order valence-electron chi connectivity index (χ2n) is 4.89. The molecule has 0 bridgehead atoms. The molecule has 0 rings (SSSR count). The van der Waals surface area contributed by atoms with Crippen molar-refractivity contribution >= 4 is 11.9 Å². The fourth-order valence-electron chi connectivity index (χ4n) is 2.25. The molecule has 112 valence electrons. The molecule has 5 nitrogen and oxygen atoms in total. The zero-order chi connectivity index (χ0) is 14.7. The number of carbonyl (C=O) groups excluding carboxylic acids is 1. The van der Waals surface area contributed by atoms with E-state index in [9.17, 15) is 9.59 Å². The van der Waals surface area contributed by atoms with Gasteiger partial charge in [0.05, 0.1) is 6.42 Å². The van der Waals surface area contributed by atoms with Crippen LogP contribution in [0.15, 0.2) is 0 Å². The van der Waals surface area contributed by atoms with Crippen LogP contribution in [0, 0.1) is 5.92 Å². The van der Waals surface area contributed by atoms with Crippen molar-refractivity contribution < 1.29 is 14.7 Å². The molecule has 19 heavy (non-hydrogen) atoms. The quantitative estimate of drug-likeness (QED) is 0.601. The lowest BCUT2D eigenvalue weighted by atomic mass is 9.94. The van der Waals surface area contributed by atoms with Crippen LogP contribution in [0.3, 0.4) is 0 Å². The molecule has 1 amide bonds. The molecule has 0 aromatic rings. The van der Waals surface area contributed by atoms with Crippen molar-refractivity contribution in [1.29, 1.82) is 0 Å². The maximum absolute atomic E-state index is 12.0. The predicted octanol–water partition coefficient (Wildman–Crippen LogP) is 1.85. The molecule has 5 heteroatoms. The van der Waals surface area contributed by atoms with E-state index in [1.165, 1.54) is 0 Å². The summed E-state index contributed by atoms with van der Waals surface area (Å²) >= 11 is 0. The zero-order valence-corrected chi connectivity index (χ0v) is 12.2. The van der Waals surface area contributed by atoms with Crippen LogP contribution in [-0.4, -0.2) is 41.5 Å². The Kier molecular flexibility index (Phi) is 10.2. The Balaban J connectivity index is 4.12. The molecule has 0 heterocycles. The number of hydrogen-bond acceptors (Lipinski definition) is 3. The fourth-order valence-corrected chi connectivity index (χ4v) is 2.25. The fraction of sp³-hybridized carbons (Fsp3) is 0.857. The number of hydrogen-bond donors (Lipinski definition) is 2. The minimum Gasteiger partial charge on any atom is -0.481 e. The highest BCUT2D eigenvalue weighted by atomic mass is 16.4. The number of rotatable bonds is 11. The first-order valence-corrected chi connectivity index (χ1v) is 7.24. The molecule has 0 fully saturated rings. The molecule has 1 atom stereocenters. The normalized spacial score (nSPS) is 12.2. The van der Waals surface area contributed by atoms with Crippen LogP contribution >= 0.6 is 0 Å². The summed E-state index contributed by atoms with van der Waals surface area (Å²) in [5, 5.41) is 8.65. The van der Waals surface area contributed by atoms with Gasteiger partial charge in [-0.05, 0) is 32.2 Å². The highest BCUT2D eigenvalue weighted by Gasteiger charge is 2.15. The van der Waals surface area contributed by atoms with Crippen molar-refractivity contribution in [3.05, 3.63) is 0 Å². The van der Waals surface area contributed by atoms with Gasteiger partial charge < -0.3 is 15.7 Å². The second kappa shape index (κ2) is 10.8. The molecule has 0 saturated carbocycles. The number of carboxylic acid groups (broad SMARTS) is 1. The molecule has 0 aromatic carbocycles. The van der Waals surface area contributed by atoms with E-state index >= 15 is 0 Å². The van der Waals surface area contributed by atoms with Crippen molar-refractivity contribution in [3.63, 3.8) is 0 Å². The van der Waals surface area contributed by atoms with Gasteiger partial charge in [-0.15, -0.1) is 0 Å². The Morgan fingerprint density at radius 2 is 1.84 bits per heavy atom. The van der Waals surface area contributed by atoms with Crippen LogP contribution in [0.2, 0.25) is 0 Å². The lowest BCUT2D eigenvalue weighted by Crippen LogP contribution is -2.33.